The molecule has 4 aromatic rings. The van der Waals surface area contributed by atoms with Gasteiger partial charge in [0.2, 0.25) is 5.95 Å². The number of nitrogens with zero attached hydrogens (tertiary/aromatic N) is 5. The fourth-order valence-electron chi connectivity index (χ4n) is 5.60. The first kappa shape index (κ1) is 28.4. The number of aromatic nitrogens is 4. The molecular weight excluding hydrogens is 564 g/mol. The number of nitrogens with two attached hydrogens (primary N) is 1. The number of fused-ring (bicyclic) bond motifs is 1. The van der Waals surface area contributed by atoms with Gasteiger partial charge in [-0.1, -0.05) is 6.92 Å². The first-order chi connectivity index (χ1) is 20.1. The van der Waals surface area contributed by atoms with Gasteiger partial charge in [0.25, 0.3) is 0 Å². The summed E-state index contributed by atoms with van der Waals surface area (Å²) in [6.45, 7) is 3.22. The summed E-state index contributed by atoms with van der Waals surface area (Å²) >= 11 is 0. The van der Waals surface area contributed by atoms with Crippen molar-refractivity contribution in [2.24, 2.45) is 11.7 Å². The molecule has 3 atom stereocenters. The Hall–Kier alpha value is -3.68. The van der Waals surface area contributed by atoms with Gasteiger partial charge in [-0.15, -0.1) is 0 Å². The molecule has 0 unspecified atom stereocenters. The molecule has 0 bridgehead atoms. The number of anilines is 3. The number of nitrogens with one attached hydrogen (secondary N) is 1. The van der Waals surface area contributed by atoms with Crippen molar-refractivity contribution in [3.8, 4) is 11.3 Å². The molecule has 1 aliphatic carbocycles. The van der Waals surface area contributed by atoms with Crippen LogP contribution in [0.2, 0.25) is 0 Å². The van der Waals surface area contributed by atoms with E-state index >= 15 is 8.78 Å². The van der Waals surface area contributed by atoms with Gasteiger partial charge in [0.1, 0.15) is 21.5 Å². The first-order valence-electron chi connectivity index (χ1n) is 13.9. The molecule has 0 spiro atoms. The minimum atomic E-state index is -3.13. The van der Waals surface area contributed by atoms with Crippen molar-refractivity contribution in [1.29, 1.82) is 0 Å². The number of pyridine rings is 1. The number of rotatable bonds is 9. The van der Waals surface area contributed by atoms with Gasteiger partial charge >= 0.3 is 0 Å². The topological polar surface area (TPSA) is 128 Å². The van der Waals surface area contributed by atoms with E-state index in [-0.39, 0.29) is 47.6 Å². The van der Waals surface area contributed by atoms with Gasteiger partial charge in [-0.3, -0.25) is 4.98 Å². The molecule has 1 aromatic carbocycles. The van der Waals surface area contributed by atoms with E-state index < -0.39 is 21.5 Å². The average molecular weight is 598 g/mol. The maximum Gasteiger partial charge on any atom is 0.229 e. The summed E-state index contributed by atoms with van der Waals surface area (Å²) in [6, 6.07) is 7.63. The monoisotopic (exact) mass is 597 g/mol. The molecule has 42 heavy (non-hydrogen) atoms. The lowest BCUT2D eigenvalue weighted by atomic mass is 9.92. The zero-order chi connectivity index (χ0) is 29.6. The number of imidazole rings is 1. The van der Waals surface area contributed by atoms with Crippen LogP contribution in [-0.2, 0) is 14.6 Å². The summed E-state index contributed by atoms with van der Waals surface area (Å²) in [7, 11) is -3.13. The van der Waals surface area contributed by atoms with Crippen LogP contribution in [0.25, 0.3) is 16.8 Å². The highest BCUT2D eigenvalue weighted by Gasteiger charge is 2.34. The van der Waals surface area contributed by atoms with Crippen molar-refractivity contribution >= 4 is 32.7 Å². The second-order valence-electron chi connectivity index (χ2n) is 11.3. The van der Waals surface area contributed by atoms with Crippen LogP contribution in [0.15, 0.2) is 48.9 Å². The smallest absolute Gasteiger partial charge is 0.229 e. The van der Waals surface area contributed by atoms with Crippen molar-refractivity contribution in [1.82, 2.24) is 19.6 Å². The van der Waals surface area contributed by atoms with Crippen LogP contribution in [0, 0.1) is 17.6 Å². The van der Waals surface area contributed by atoms with Gasteiger partial charge in [-0.25, -0.2) is 22.2 Å². The van der Waals surface area contributed by atoms with Crippen molar-refractivity contribution in [2.75, 3.05) is 41.9 Å². The van der Waals surface area contributed by atoms with Gasteiger partial charge in [-0.2, -0.15) is 9.61 Å². The number of sulfone groups is 1. The Labute approximate surface area is 242 Å². The molecule has 1 saturated carbocycles. The SMILES string of the molecule is C[C@H]1CN(c2ccncc2Nc2ncc3ccc(-c4c(F)cc(C5CC5)cc4F)nn23)C[C@@H](N)[C@H]1OCCS(C)(=O)=O. The summed E-state index contributed by atoms with van der Waals surface area (Å²) in [5, 5.41) is 7.82. The lowest BCUT2D eigenvalue weighted by Crippen LogP contribution is -2.57. The lowest BCUT2D eigenvalue weighted by Gasteiger charge is -2.42. The third-order valence-corrected chi connectivity index (χ3v) is 8.73. The van der Waals surface area contributed by atoms with Gasteiger partial charge < -0.3 is 20.7 Å². The predicted octanol–water partition coefficient (Wildman–Crippen LogP) is 3.90. The number of ether oxygens (including phenoxy) is 1. The van der Waals surface area contributed by atoms with E-state index in [0.29, 0.717) is 35.8 Å². The van der Waals surface area contributed by atoms with E-state index in [9.17, 15) is 8.42 Å². The molecule has 13 heteroatoms. The van der Waals surface area contributed by atoms with E-state index in [1.165, 1.54) is 22.9 Å². The summed E-state index contributed by atoms with van der Waals surface area (Å²) in [5.74, 6) is -0.712. The zero-order valence-corrected chi connectivity index (χ0v) is 24.2. The second kappa shape index (κ2) is 11.2. The molecule has 0 radical (unpaired) electrons. The quantitative estimate of drug-likeness (QED) is 0.295. The van der Waals surface area contributed by atoms with Crippen molar-refractivity contribution in [3.63, 3.8) is 0 Å². The van der Waals surface area contributed by atoms with Gasteiger partial charge in [0, 0.05) is 37.5 Å². The normalized spacial score (nSPS) is 21.2. The molecule has 1 saturated heterocycles. The van der Waals surface area contributed by atoms with Crippen molar-refractivity contribution in [2.45, 2.75) is 37.8 Å². The molecule has 222 valence electrons. The highest BCUT2D eigenvalue weighted by atomic mass is 32.2. The molecule has 3 aromatic heterocycles. The Kier molecular flexibility index (Phi) is 7.58. The van der Waals surface area contributed by atoms with Crippen LogP contribution >= 0.6 is 0 Å². The summed E-state index contributed by atoms with van der Waals surface area (Å²) in [4.78, 5) is 10.9. The van der Waals surface area contributed by atoms with Gasteiger partial charge in [0.05, 0.1) is 59.0 Å². The molecule has 4 heterocycles. The minimum absolute atomic E-state index is 0.0295. The first-order valence-corrected chi connectivity index (χ1v) is 16.0. The van der Waals surface area contributed by atoms with Crippen LogP contribution in [0.1, 0.15) is 31.2 Å². The van der Waals surface area contributed by atoms with Crippen LogP contribution in [0.3, 0.4) is 0 Å². The Morgan fingerprint density at radius 2 is 1.88 bits per heavy atom. The number of piperidine rings is 1. The largest absolute Gasteiger partial charge is 0.375 e. The van der Waals surface area contributed by atoms with Crippen molar-refractivity contribution < 1.29 is 21.9 Å². The van der Waals surface area contributed by atoms with Gasteiger partial charge in [0.15, 0.2) is 0 Å². The number of hydrogen-bond acceptors (Lipinski definition) is 9. The van der Waals surface area contributed by atoms with Crippen LogP contribution in [-0.4, -0.2) is 71.9 Å². The van der Waals surface area contributed by atoms with E-state index in [1.54, 1.807) is 30.7 Å². The molecule has 1 aliphatic heterocycles. The van der Waals surface area contributed by atoms with E-state index in [4.69, 9.17) is 10.5 Å². The number of halogens is 2. The average Bonchev–Trinajstić information content (AvgIpc) is 3.71. The van der Waals surface area contributed by atoms with E-state index in [1.807, 2.05) is 13.0 Å². The molecule has 10 nitrogen and oxygen atoms in total. The minimum Gasteiger partial charge on any atom is -0.375 e. The maximum absolute atomic E-state index is 15.0. The Bertz CT molecular complexity index is 1690. The van der Waals surface area contributed by atoms with Crippen molar-refractivity contribution in [3.05, 3.63) is 66.1 Å². The number of benzene rings is 1. The fourth-order valence-corrected chi connectivity index (χ4v) is 6.00. The lowest BCUT2D eigenvalue weighted by molar-refractivity contribution is 0.00183. The molecule has 0 amide bonds. The van der Waals surface area contributed by atoms with Crippen LogP contribution < -0.4 is 16.0 Å². The third-order valence-electron chi connectivity index (χ3n) is 7.83. The molecule has 2 aliphatic rings. The van der Waals surface area contributed by atoms with Gasteiger partial charge in [-0.05, 0) is 54.7 Å². The molecule has 6 rings (SSSR count). The maximum atomic E-state index is 15.0. The summed E-state index contributed by atoms with van der Waals surface area (Å²) in [5.41, 5.74) is 9.29. The molecular formula is C29H33F2N7O3S. The third kappa shape index (κ3) is 5.94. The fraction of sp³-hybridized carbons (Fsp3) is 0.414. The van der Waals surface area contributed by atoms with E-state index in [2.05, 4.69) is 25.3 Å². The van der Waals surface area contributed by atoms with Crippen LogP contribution in [0.5, 0.6) is 0 Å². The summed E-state index contributed by atoms with van der Waals surface area (Å²) < 4.78 is 60.5. The Balaban J connectivity index is 1.24. The van der Waals surface area contributed by atoms with Crippen LogP contribution in [0.4, 0.5) is 26.1 Å². The van der Waals surface area contributed by atoms with E-state index in [0.717, 1.165) is 18.5 Å². The Morgan fingerprint density at radius 3 is 2.57 bits per heavy atom. The number of hydrogen-bond donors (Lipinski definition) is 2. The predicted molar refractivity (Wildman–Crippen MR) is 157 cm³/mol. The standard InChI is InChI=1S/C29H33F2N7O3S/c1-17-15-37(16-23(32)28(17)41-9-10-42(2,39)40)26-7-8-33-14-25(26)35-29-34-13-20-5-6-24(36-38(20)29)27-21(30)11-19(12-22(27)31)18-3-4-18/h5-8,11-14,17-18,23,28H,3-4,9-10,15-16,32H2,1-2H3,(H,34,35)/t17-,23+,28-/m0/s1. The Morgan fingerprint density at radius 1 is 1.12 bits per heavy atom. The highest BCUT2D eigenvalue weighted by molar-refractivity contribution is 7.90. The highest BCUT2D eigenvalue weighted by Crippen LogP contribution is 2.42. The molecule has 3 N–H and O–H groups in total. The second-order valence-corrected chi connectivity index (χ2v) is 13.6. The zero-order valence-electron chi connectivity index (χ0n) is 23.4. The summed E-state index contributed by atoms with van der Waals surface area (Å²) in [6.07, 6.45) is 7.77. The molecule has 2 fully saturated rings.